The molecule has 0 saturated carbocycles. The molecule has 0 radical (unpaired) electrons. The molecule has 3 atom stereocenters. The van der Waals surface area contributed by atoms with Gasteiger partial charge in [-0.15, -0.1) is 0 Å². The number of ether oxygens (including phenoxy) is 1. The van der Waals surface area contributed by atoms with Gasteiger partial charge in [-0.1, -0.05) is 0 Å². The average molecular weight is 246 g/mol. The van der Waals surface area contributed by atoms with Crippen LogP contribution in [-0.4, -0.2) is 53.9 Å². The van der Waals surface area contributed by atoms with Gasteiger partial charge in [0, 0.05) is 13.7 Å². The summed E-state index contributed by atoms with van der Waals surface area (Å²) in [5.74, 6) is -3.43. The standard InChI is InChI=1S/C9H14N2O6/c1-17-6(10)5(12)9(8(15)16)2-4(7(13)14)11-3-9/h4,6,11H,2-3,10H2,1H3,(H,13,14)(H,15,16)/t4-,6?,9-/m0/s1. The second-order valence-electron chi connectivity index (χ2n) is 3.88. The van der Waals surface area contributed by atoms with Crippen molar-refractivity contribution in [3.63, 3.8) is 0 Å². The van der Waals surface area contributed by atoms with Crippen LogP contribution in [0.25, 0.3) is 0 Å². The third-order valence-corrected chi connectivity index (χ3v) is 2.89. The number of rotatable bonds is 5. The number of nitrogens with two attached hydrogens (primary N) is 1. The Bertz CT molecular complexity index is 357. The molecule has 0 spiro atoms. The molecule has 0 aliphatic carbocycles. The zero-order valence-corrected chi connectivity index (χ0v) is 9.17. The Labute approximate surface area is 96.7 Å². The van der Waals surface area contributed by atoms with E-state index in [1.165, 1.54) is 7.11 Å². The van der Waals surface area contributed by atoms with E-state index in [1.807, 2.05) is 0 Å². The van der Waals surface area contributed by atoms with Crippen molar-refractivity contribution in [2.45, 2.75) is 18.7 Å². The fourth-order valence-electron chi connectivity index (χ4n) is 1.80. The predicted octanol–water partition coefficient (Wildman–Crippen LogP) is -2.00. The third-order valence-electron chi connectivity index (χ3n) is 2.89. The van der Waals surface area contributed by atoms with Crippen LogP contribution in [0.2, 0.25) is 0 Å². The molecule has 1 rings (SSSR count). The van der Waals surface area contributed by atoms with Gasteiger partial charge in [0.05, 0.1) is 0 Å². The smallest absolute Gasteiger partial charge is 0.320 e. The number of ketones is 1. The van der Waals surface area contributed by atoms with Crippen molar-refractivity contribution in [1.82, 2.24) is 5.32 Å². The fourth-order valence-corrected chi connectivity index (χ4v) is 1.80. The summed E-state index contributed by atoms with van der Waals surface area (Å²) in [6, 6.07) is -1.07. The molecule has 5 N–H and O–H groups in total. The molecule has 0 aromatic carbocycles. The molecule has 0 amide bonds. The van der Waals surface area contributed by atoms with Gasteiger partial charge in [0.25, 0.3) is 0 Å². The SMILES string of the molecule is COC(N)C(=O)[C@@]1(C(=O)O)CN[C@H](C(=O)O)C1. The minimum Gasteiger partial charge on any atom is -0.480 e. The summed E-state index contributed by atoms with van der Waals surface area (Å²) in [6.07, 6.45) is -1.71. The number of carbonyl (C=O) groups is 3. The van der Waals surface area contributed by atoms with Crippen molar-refractivity contribution in [2.75, 3.05) is 13.7 Å². The molecule has 1 heterocycles. The molecule has 1 saturated heterocycles. The Morgan fingerprint density at radius 1 is 1.47 bits per heavy atom. The Hall–Kier alpha value is -1.51. The molecule has 1 aliphatic heterocycles. The van der Waals surface area contributed by atoms with Gasteiger partial charge in [-0.25, -0.2) is 0 Å². The lowest BCUT2D eigenvalue weighted by Gasteiger charge is -2.24. The first-order chi connectivity index (χ1) is 7.85. The van der Waals surface area contributed by atoms with E-state index in [0.717, 1.165) is 0 Å². The maximum atomic E-state index is 11.8. The van der Waals surface area contributed by atoms with Gasteiger partial charge in [-0.3, -0.25) is 20.1 Å². The second-order valence-corrected chi connectivity index (χ2v) is 3.88. The number of carboxylic acids is 2. The molecule has 0 bridgehead atoms. The largest absolute Gasteiger partial charge is 0.480 e. The molecule has 8 nitrogen and oxygen atoms in total. The van der Waals surface area contributed by atoms with Gasteiger partial charge in [-0.05, 0) is 6.42 Å². The number of carbonyl (C=O) groups excluding carboxylic acids is 1. The van der Waals surface area contributed by atoms with Crippen LogP contribution in [0.4, 0.5) is 0 Å². The summed E-state index contributed by atoms with van der Waals surface area (Å²) in [5, 5.41) is 20.4. The molecule has 0 aromatic heterocycles. The Balaban J connectivity index is 2.98. The number of Topliss-reactive ketones (excluding diaryl/α,β-unsaturated/α-hetero) is 1. The minimum absolute atomic E-state index is 0.269. The van der Waals surface area contributed by atoms with Crippen LogP contribution in [0, 0.1) is 5.41 Å². The Kier molecular flexibility index (Phi) is 3.81. The first-order valence-electron chi connectivity index (χ1n) is 4.87. The van der Waals surface area contributed by atoms with Gasteiger partial charge < -0.3 is 20.3 Å². The average Bonchev–Trinajstić information content (AvgIpc) is 2.73. The highest BCUT2D eigenvalue weighted by molar-refractivity contribution is 6.06. The van der Waals surface area contributed by atoms with Gasteiger partial charge in [0.2, 0.25) is 0 Å². The van der Waals surface area contributed by atoms with E-state index in [0.29, 0.717) is 0 Å². The van der Waals surface area contributed by atoms with Crippen LogP contribution in [0.5, 0.6) is 0 Å². The normalized spacial score (nSPS) is 29.9. The Morgan fingerprint density at radius 3 is 2.41 bits per heavy atom. The minimum atomic E-state index is -1.83. The highest BCUT2D eigenvalue weighted by Crippen LogP contribution is 2.31. The van der Waals surface area contributed by atoms with Crippen molar-refractivity contribution in [2.24, 2.45) is 11.1 Å². The number of hydrogen-bond acceptors (Lipinski definition) is 6. The van der Waals surface area contributed by atoms with Gasteiger partial charge in [0.1, 0.15) is 11.5 Å². The van der Waals surface area contributed by atoms with E-state index in [9.17, 15) is 14.4 Å². The van der Waals surface area contributed by atoms with Crippen LogP contribution < -0.4 is 11.1 Å². The molecule has 1 aliphatic rings. The number of methoxy groups -OCH3 is 1. The predicted molar refractivity (Wildman–Crippen MR) is 54.1 cm³/mol. The van der Waals surface area contributed by atoms with Crippen molar-refractivity contribution in [3.8, 4) is 0 Å². The molecule has 1 fully saturated rings. The maximum absolute atomic E-state index is 11.8. The van der Waals surface area contributed by atoms with Crippen molar-refractivity contribution >= 4 is 17.7 Å². The van der Waals surface area contributed by atoms with Crippen molar-refractivity contribution < 1.29 is 29.3 Å². The summed E-state index contributed by atoms with van der Waals surface area (Å²) < 4.78 is 4.58. The van der Waals surface area contributed by atoms with Crippen LogP contribution in [-0.2, 0) is 19.1 Å². The van der Waals surface area contributed by atoms with Gasteiger partial charge >= 0.3 is 11.9 Å². The lowest BCUT2D eigenvalue weighted by Crippen LogP contribution is -2.50. The summed E-state index contributed by atoms with van der Waals surface area (Å²) >= 11 is 0. The molecular weight excluding hydrogens is 232 g/mol. The van der Waals surface area contributed by atoms with Crippen LogP contribution in [0.3, 0.4) is 0 Å². The second kappa shape index (κ2) is 4.78. The third kappa shape index (κ3) is 2.28. The first-order valence-corrected chi connectivity index (χ1v) is 4.87. The van der Waals surface area contributed by atoms with Crippen molar-refractivity contribution in [1.29, 1.82) is 0 Å². The Morgan fingerprint density at radius 2 is 2.06 bits per heavy atom. The van der Waals surface area contributed by atoms with E-state index >= 15 is 0 Å². The van der Waals surface area contributed by atoms with E-state index in [-0.39, 0.29) is 13.0 Å². The maximum Gasteiger partial charge on any atom is 0.320 e. The van der Waals surface area contributed by atoms with Crippen LogP contribution in [0.1, 0.15) is 6.42 Å². The van der Waals surface area contributed by atoms with E-state index in [4.69, 9.17) is 15.9 Å². The summed E-state index contributed by atoms with van der Waals surface area (Å²) in [5.41, 5.74) is 3.50. The van der Waals surface area contributed by atoms with Gasteiger partial charge in [0.15, 0.2) is 12.0 Å². The number of aliphatic carboxylic acids is 2. The molecule has 0 aromatic rings. The number of hydrogen-bond donors (Lipinski definition) is 4. The molecule has 8 heteroatoms. The lowest BCUT2D eigenvalue weighted by molar-refractivity contribution is -0.157. The quantitative estimate of drug-likeness (QED) is 0.323. The lowest BCUT2D eigenvalue weighted by atomic mass is 9.80. The van der Waals surface area contributed by atoms with Crippen LogP contribution in [0.15, 0.2) is 0 Å². The zero-order chi connectivity index (χ0) is 13.2. The van der Waals surface area contributed by atoms with Crippen LogP contribution >= 0.6 is 0 Å². The summed E-state index contributed by atoms with van der Waals surface area (Å²) in [6.45, 7) is -0.269. The van der Waals surface area contributed by atoms with Crippen molar-refractivity contribution in [3.05, 3.63) is 0 Å². The molecular formula is C9H14N2O6. The highest BCUT2D eigenvalue weighted by atomic mass is 16.5. The van der Waals surface area contributed by atoms with Gasteiger partial charge in [-0.2, -0.15) is 0 Å². The number of carboxylic acid groups (broad SMARTS) is 2. The highest BCUT2D eigenvalue weighted by Gasteiger charge is 2.54. The molecule has 17 heavy (non-hydrogen) atoms. The van der Waals surface area contributed by atoms with E-state index < -0.39 is 35.4 Å². The van der Waals surface area contributed by atoms with E-state index in [1.54, 1.807) is 0 Å². The topological polar surface area (TPSA) is 139 Å². The first kappa shape index (κ1) is 13.6. The number of nitrogens with one attached hydrogen (secondary N) is 1. The zero-order valence-electron chi connectivity index (χ0n) is 9.17. The van der Waals surface area contributed by atoms with E-state index in [2.05, 4.69) is 10.1 Å². The molecule has 1 unspecified atom stereocenters. The summed E-state index contributed by atoms with van der Waals surface area (Å²) in [7, 11) is 1.18. The fraction of sp³-hybridized carbons (Fsp3) is 0.667. The summed E-state index contributed by atoms with van der Waals surface area (Å²) in [4.78, 5) is 33.8. The monoisotopic (exact) mass is 246 g/mol. The molecule has 96 valence electrons.